The standard InChI is InChI=1S/C29H23ClN4O2/c1-33-28-10-9-22(11-27(28)26(13-29(33)35)23-3-2-4-24(30)12-23)16-34-19-32-15-25(34)18-36-17-21-7-5-20(14-31)6-8-21/h2-13,15,19H,16-18H2,1H3. The zero-order valence-corrected chi connectivity index (χ0v) is 20.4. The Labute approximate surface area is 213 Å². The minimum atomic E-state index is -0.0680. The minimum Gasteiger partial charge on any atom is -0.371 e. The molecule has 0 fully saturated rings. The molecule has 178 valence electrons. The molecule has 0 unspecified atom stereocenters. The van der Waals surface area contributed by atoms with Crippen molar-refractivity contribution in [3.05, 3.63) is 123 Å². The first-order valence-electron chi connectivity index (χ1n) is 11.5. The molecule has 0 atom stereocenters. The Kier molecular flexibility index (Phi) is 6.68. The number of imidazole rings is 1. The fraction of sp³-hybridized carbons (Fsp3) is 0.138. The van der Waals surface area contributed by atoms with Crippen LogP contribution in [-0.2, 0) is 31.5 Å². The zero-order valence-electron chi connectivity index (χ0n) is 19.7. The lowest BCUT2D eigenvalue weighted by Gasteiger charge is -2.14. The summed E-state index contributed by atoms with van der Waals surface area (Å²) >= 11 is 6.24. The summed E-state index contributed by atoms with van der Waals surface area (Å²) in [5.74, 6) is 0. The van der Waals surface area contributed by atoms with Gasteiger partial charge in [0.25, 0.3) is 5.56 Å². The number of hydrogen-bond donors (Lipinski definition) is 0. The van der Waals surface area contributed by atoms with Crippen molar-refractivity contribution in [3.63, 3.8) is 0 Å². The molecule has 0 aliphatic carbocycles. The average Bonchev–Trinajstić information content (AvgIpc) is 3.33. The summed E-state index contributed by atoms with van der Waals surface area (Å²) in [6, 6.07) is 24.8. The number of ether oxygens (including phenoxy) is 1. The molecular formula is C29H23ClN4O2. The molecule has 5 rings (SSSR count). The molecule has 7 heteroatoms. The van der Waals surface area contributed by atoms with E-state index < -0.39 is 0 Å². The minimum absolute atomic E-state index is 0.0680. The van der Waals surface area contributed by atoms with E-state index in [1.165, 1.54) is 0 Å². The molecule has 0 aliphatic heterocycles. The molecular weight excluding hydrogens is 472 g/mol. The zero-order chi connectivity index (χ0) is 25.1. The first kappa shape index (κ1) is 23.6. The largest absolute Gasteiger partial charge is 0.371 e. The van der Waals surface area contributed by atoms with Gasteiger partial charge in [-0.05, 0) is 58.7 Å². The van der Waals surface area contributed by atoms with Gasteiger partial charge in [-0.25, -0.2) is 4.98 Å². The van der Waals surface area contributed by atoms with Crippen LogP contribution >= 0.6 is 11.6 Å². The first-order chi connectivity index (χ1) is 17.5. The topological polar surface area (TPSA) is 72.8 Å². The number of nitriles is 1. The van der Waals surface area contributed by atoms with Gasteiger partial charge in [0.15, 0.2) is 0 Å². The molecule has 3 aromatic carbocycles. The molecule has 0 aliphatic rings. The Morgan fingerprint density at radius 2 is 1.81 bits per heavy atom. The van der Waals surface area contributed by atoms with Gasteiger partial charge < -0.3 is 13.9 Å². The quantitative estimate of drug-likeness (QED) is 0.291. The van der Waals surface area contributed by atoms with Crippen molar-refractivity contribution >= 4 is 22.5 Å². The van der Waals surface area contributed by atoms with Crippen molar-refractivity contribution in [2.45, 2.75) is 19.8 Å². The van der Waals surface area contributed by atoms with E-state index in [1.807, 2.05) is 48.5 Å². The lowest BCUT2D eigenvalue weighted by molar-refractivity contribution is 0.102. The summed E-state index contributed by atoms with van der Waals surface area (Å²) in [7, 11) is 1.78. The number of halogens is 1. The highest BCUT2D eigenvalue weighted by Gasteiger charge is 2.11. The van der Waals surface area contributed by atoms with Crippen molar-refractivity contribution < 1.29 is 4.74 Å². The number of nitrogens with zero attached hydrogens (tertiary/aromatic N) is 4. The fourth-order valence-electron chi connectivity index (χ4n) is 4.26. The second kappa shape index (κ2) is 10.2. The average molecular weight is 495 g/mol. The molecule has 0 amide bonds. The smallest absolute Gasteiger partial charge is 0.251 e. The van der Waals surface area contributed by atoms with Gasteiger partial charge in [0.2, 0.25) is 0 Å². The van der Waals surface area contributed by atoms with E-state index in [4.69, 9.17) is 21.6 Å². The maximum Gasteiger partial charge on any atom is 0.251 e. The van der Waals surface area contributed by atoms with Gasteiger partial charge in [-0.1, -0.05) is 41.9 Å². The van der Waals surface area contributed by atoms with E-state index in [1.54, 1.807) is 42.3 Å². The van der Waals surface area contributed by atoms with Crippen LogP contribution in [-0.4, -0.2) is 14.1 Å². The van der Waals surface area contributed by atoms with Crippen molar-refractivity contribution in [3.8, 4) is 17.2 Å². The third-order valence-electron chi connectivity index (χ3n) is 6.20. The van der Waals surface area contributed by atoms with Gasteiger partial charge in [0.05, 0.1) is 48.6 Å². The Hall–Kier alpha value is -4.18. The molecule has 6 nitrogen and oxygen atoms in total. The van der Waals surface area contributed by atoms with Gasteiger partial charge in [0, 0.05) is 30.1 Å². The molecule has 2 aromatic heterocycles. The predicted molar refractivity (Wildman–Crippen MR) is 141 cm³/mol. The SMILES string of the molecule is Cn1c(=O)cc(-c2cccc(Cl)c2)c2cc(Cn3cncc3COCc3ccc(C#N)cc3)ccc21. The number of rotatable bonds is 7. The van der Waals surface area contributed by atoms with E-state index in [0.29, 0.717) is 30.3 Å². The highest BCUT2D eigenvalue weighted by Crippen LogP contribution is 2.30. The molecule has 0 N–H and O–H groups in total. The van der Waals surface area contributed by atoms with Crippen LogP contribution in [0.5, 0.6) is 0 Å². The van der Waals surface area contributed by atoms with E-state index in [9.17, 15) is 4.79 Å². The molecule has 5 aromatic rings. The van der Waals surface area contributed by atoms with Crippen molar-refractivity contribution in [2.75, 3.05) is 0 Å². The Morgan fingerprint density at radius 3 is 2.58 bits per heavy atom. The number of hydrogen-bond acceptors (Lipinski definition) is 4. The van der Waals surface area contributed by atoms with E-state index in [2.05, 4.69) is 21.7 Å². The lowest BCUT2D eigenvalue weighted by atomic mass is 9.99. The molecule has 0 spiro atoms. The van der Waals surface area contributed by atoms with Gasteiger partial charge >= 0.3 is 0 Å². The van der Waals surface area contributed by atoms with Crippen LogP contribution < -0.4 is 5.56 Å². The van der Waals surface area contributed by atoms with Crippen LogP contribution in [0.1, 0.15) is 22.4 Å². The fourth-order valence-corrected chi connectivity index (χ4v) is 4.45. The Bertz CT molecular complexity index is 1650. The van der Waals surface area contributed by atoms with Gasteiger partial charge in [-0.15, -0.1) is 0 Å². The van der Waals surface area contributed by atoms with Crippen LogP contribution in [0.15, 0.2) is 90.1 Å². The second-order valence-electron chi connectivity index (χ2n) is 8.63. The van der Waals surface area contributed by atoms with Crippen LogP contribution in [0.3, 0.4) is 0 Å². The summed E-state index contributed by atoms with van der Waals surface area (Å²) < 4.78 is 9.63. The number of aromatic nitrogens is 3. The number of benzene rings is 3. The van der Waals surface area contributed by atoms with E-state index >= 15 is 0 Å². The molecule has 0 radical (unpaired) electrons. The summed E-state index contributed by atoms with van der Waals surface area (Å²) in [5.41, 5.74) is 6.23. The van der Waals surface area contributed by atoms with Crippen molar-refractivity contribution in [1.29, 1.82) is 5.26 Å². The summed E-state index contributed by atoms with van der Waals surface area (Å²) in [6.45, 7) is 1.48. The summed E-state index contributed by atoms with van der Waals surface area (Å²) in [4.78, 5) is 16.9. The van der Waals surface area contributed by atoms with E-state index in [0.717, 1.165) is 38.9 Å². The van der Waals surface area contributed by atoms with Gasteiger partial charge in [0.1, 0.15) is 0 Å². The normalized spacial score (nSPS) is 11.0. The third-order valence-corrected chi connectivity index (χ3v) is 6.43. The Balaban J connectivity index is 1.39. The van der Waals surface area contributed by atoms with Crippen molar-refractivity contribution in [1.82, 2.24) is 14.1 Å². The van der Waals surface area contributed by atoms with Crippen LogP contribution in [0.4, 0.5) is 0 Å². The molecule has 0 saturated heterocycles. The number of aryl methyl sites for hydroxylation is 1. The predicted octanol–water partition coefficient (Wildman–Crippen LogP) is 5.69. The summed E-state index contributed by atoms with van der Waals surface area (Å²) in [5, 5.41) is 10.5. The molecule has 2 heterocycles. The summed E-state index contributed by atoms with van der Waals surface area (Å²) in [6.07, 6.45) is 3.60. The maximum absolute atomic E-state index is 12.6. The van der Waals surface area contributed by atoms with Crippen LogP contribution in [0.2, 0.25) is 5.02 Å². The van der Waals surface area contributed by atoms with Crippen LogP contribution in [0, 0.1) is 11.3 Å². The second-order valence-corrected chi connectivity index (χ2v) is 9.07. The highest BCUT2D eigenvalue weighted by molar-refractivity contribution is 6.30. The molecule has 36 heavy (non-hydrogen) atoms. The van der Waals surface area contributed by atoms with Crippen molar-refractivity contribution in [2.24, 2.45) is 7.05 Å². The van der Waals surface area contributed by atoms with Gasteiger partial charge in [-0.2, -0.15) is 5.26 Å². The number of pyridine rings is 1. The molecule has 0 bridgehead atoms. The Morgan fingerprint density at radius 1 is 1.00 bits per heavy atom. The van der Waals surface area contributed by atoms with Crippen LogP contribution in [0.25, 0.3) is 22.0 Å². The van der Waals surface area contributed by atoms with E-state index in [-0.39, 0.29) is 5.56 Å². The molecule has 0 saturated carbocycles. The first-order valence-corrected chi connectivity index (χ1v) is 11.8. The lowest BCUT2D eigenvalue weighted by Crippen LogP contribution is -2.16. The highest BCUT2D eigenvalue weighted by atomic mass is 35.5. The monoisotopic (exact) mass is 494 g/mol. The number of fused-ring (bicyclic) bond motifs is 1. The maximum atomic E-state index is 12.6. The third kappa shape index (κ3) is 4.94. The van der Waals surface area contributed by atoms with Gasteiger partial charge in [-0.3, -0.25) is 4.79 Å².